The normalized spacial score (nSPS) is 18.5. The Kier molecular flexibility index (Phi) is 2.60. The molecule has 1 unspecified atom stereocenters. The Morgan fingerprint density at radius 3 is 3.00 bits per heavy atom. The van der Waals surface area contributed by atoms with Crippen molar-refractivity contribution in [1.82, 2.24) is 4.98 Å². The van der Waals surface area contributed by atoms with Crippen molar-refractivity contribution < 1.29 is 0 Å². The van der Waals surface area contributed by atoms with Crippen LogP contribution in [-0.2, 0) is 0 Å². The van der Waals surface area contributed by atoms with Crippen molar-refractivity contribution in [2.45, 2.75) is 31.7 Å². The van der Waals surface area contributed by atoms with Crippen LogP contribution in [0.1, 0.15) is 37.3 Å². The minimum Gasteiger partial charge on any atom is -0.324 e. The molecule has 1 atom stereocenters. The van der Waals surface area contributed by atoms with Gasteiger partial charge in [-0.2, -0.15) is 0 Å². The van der Waals surface area contributed by atoms with Crippen molar-refractivity contribution in [3.8, 4) is 0 Å². The highest BCUT2D eigenvalue weighted by atomic mass is 14.7. The Morgan fingerprint density at radius 1 is 1.54 bits per heavy atom. The van der Waals surface area contributed by atoms with Crippen LogP contribution < -0.4 is 5.73 Å². The molecule has 0 spiro atoms. The summed E-state index contributed by atoms with van der Waals surface area (Å²) in [5, 5.41) is 0. The zero-order valence-corrected chi connectivity index (χ0v) is 7.82. The van der Waals surface area contributed by atoms with Gasteiger partial charge in [0.15, 0.2) is 0 Å². The lowest BCUT2D eigenvalue weighted by Crippen LogP contribution is -2.10. The average Bonchev–Trinajstić information content (AvgIpc) is 2.99. The molecular weight excluding hydrogens is 160 g/mol. The van der Waals surface area contributed by atoms with E-state index < -0.39 is 0 Å². The largest absolute Gasteiger partial charge is 0.324 e. The fraction of sp³-hybridized carbons (Fsp3) is 0.545. The molecular formula is C11H16N2. The van der Waals surface area contributed by atoms with Crippen molar-refractivity contribution in [2.75, 3.05) is 0 Å². The molecule has 1 aliphatic carbocycles. The molecule has 1 fully saturated rings. The number of nitrogens with zero attached hydrogens (tertiary/aromatic N) is 1. The molecule has 1 saturated carbocycles. The summed E-state index contributed by atoms with van der Waals surface area (Å²) in [6.45, 7) is 0. The molecule has 13 heavy (non-hydrogen) atoms. The summed E-state index contributed by atoms with van der Waals surface area (Å²) in [5.74, 6) is 0.975. The van der Waals surface area contributed by atoms with Gasteiger partial charge >= 0.3 is 0 Å². The highest BCUT2D eigenvalue weighted by molar-refractivity contribution is 5.12. The van der Waals surface area contributed by atoms with Gasteiger partial charge in [-0.25, -0.2) is 0 Å². The van der Waals surface area contributed by atoms with E-state index in [0.29, 0.717) is 0 Å². The van der Waals surface area contributed by atoms with Gasteiger partial charge in [-0.3, -0.25) is 4.98 Å². The van der Waals surface area contributed by atoms with Crippen molar-refractivity contribution >= 4 is 0 Å². The summed E-state index contributed by atoms with van der Waals surface area (Å²) in [6.07, 6.45) is 8.89. The van der Waals surface area contributed by atoms with Crippen molar-refractivity contribution in [2.24, 2.45) is 11.7 Å². The molecule has 1 aromatic rings. The third kappa shape index (κ3) is 2.52. The van der Waals surface area contributed by atoms with Gasteiger partial charge in [-0.1, -0.05) is 18.9 Å². The fourth-order valence-electron chi connectivity index (χ4n) is 1.58. The first-order valence-electron chi connectivity index (χ1n) is 5.02. The second-order valence-electron chi connectivity index (χ2n) is 3.91. The summed E-state index contributed by atoms with van der Waals surface area (Å²) < 4.78 is 0. The van der Waals surface area contributed by atoms with Gasteiger partial charge in [0, 0.05) is 18.4 Å². The van der Waals surface area contributed by atoms with Gasteiger partial charge < -0.3 is 5.73 Å². The van der Waals surface area contributed by atoms with E-state index in [4.69, 9.17) is 5.73 Å². The number of nitrogens with two attached hydrogens (primary N) is 1. The van der Waals surface area contributed by atoms with Crippen LogP contribution in [-0.4, -0.2) is 4.98 Å². The average molecular weight is 176 g/mol. The first-order chi connectivity index (χ1) is 6.36. The smallest absolute Gasteiger partial charge is 0.0315 e. The number of hydrogen-bond acceptors (Lipinski definition) is 2. The van der Waals surface area contributed by atoms with Gasteiger partial charge in [0.05, 0.1) is 0 Å². The Morgan fingerprint density at radius 2 is 2.38 bits per heavy atom. The molecule has 1 heterocycles. The Bertz CT molecular complexity index is 254. The van der Waals surface area contributed by atoms with Gasteiger partial charge in [0.25, 0.3) is 0 Å². The third-order valence-corrected chi connectivity index (χ3v) is 2.70. The standard InChI is InChI=1S/C11H16N2/c12-11(6-5-9-3-4-9)10-2-1-7-13-8-10/h1-2,7-9,11H,3-6,12H2. The van der Waals surface area contributed by atoms with E-state index in [0.717, 1.165) is 12.3 Å². The maximum Gasteiger partial charge on any atom is 0.0315 e. The summed E-state index contributed by atoms with van der Waals surface area (Å²) in [4.78, 5) is 4.07. The van der Waals surface area contributed by atoms with Gasteiger partial charge in [0.1, 0.15) is 0 Å². The summed E-state index contributed by atoms with van der Waals surface area (Å²) in [7, 11) is 0. The maximum atomic E-state index is 6.03. The fourth-order valence-corrected chi connectivity index (χ4v) is 1.58. The molecule has 0 saturated heterocycles. The van der Waals surface area contributed by atoms with E-state index in [9.17, 15) is 0 Å². The zero-order chi connectivity index (χ0) is 9.10. The highest BCUT2D eigenvalue weighted by Gasteiger charge is 2.21. The van der Waals surface area contributed by atoms with Crippen LogP contribution in [0.25, 0.3) is 0 Å². The van der Waals surface area contributed by atoms with Crippen LogP contribution in [0.15, 0.2) is 24.5 Å². The lowest BCUT2D eigenvalue weighted by Gasteiger charge is -2.10. The van der Waals surface area contributed by atoms with E-state index in [1.165, 1.54) is 24.8 Å². The van der Waals surface area contributed by atoms with Crippen LogP contribution in [0.4, 0.5) is 0 Å². The molecule has 0 radical (unpaired) electrons. The monoisotopic (exact) mass is 176 g/mol. The molecule has 2 N–H and O–H groups in total. The van der Waals surface area contributed by atoms with E-state index in [2.05, 4.69) is 11.1 Å². The molecule has 1 aromatic heterocycles. The number of rotatable bonds is 4. The predicted molar refractivity (Wildman–Crippen MR) is 53.1 cm³/mol. The first-order valence-corrected chi connectivity index (χ1v) is 5.02. The highest BCUT2D eigenvalue weighted by Crippen LogP contribution is 2.35. The van der Waals surface area contributed by atoms with Crippen molar-refractivity contribution in [3.63, 3.8) is 0 Å². The van der Waals surface area contributed by atoms with Crippen LogP contribution in [0.2, 0.25) is 0 Å². The van der Waals surface area contributed by atoms with Crippen LogP contribution in [0.5, 0.6) is 0 Å². The minimum absolute atomic E-state index is 0.189. The SMILES string of the molecule is NC(CCC1CC1)c1cccnc1. The first kappa shape index (κ1) is 8.70. The number of hydrogen-bond donors (Lipinski definition) is 1. The Labute approximate surface area is 79.2 Å². The second-order valence-corrected chi connectivity index (χ2v) is 3.91. The summed E-state index contributed by atoms with van der Waals surface area (Å²) in [5.41, 5.74) is 7.20. The molecule has 0 aliphatic heterocycles. The van der Waals surface area contributed by atoms with Gasteiger partial charge in [0.2, 0.25) is 0 Å². The quantitative estimate of drug-likeness (QED) is 0.764. The summed E-state index contributed by atoms with van der Waals surface area (Å²) in [6, 6.07) is 4.20. The summed E-state index contributed by atoms with van der Waals surface area (Å²) >= 11 is 0. The number of aromatic nitrogens is 1. The molecule has 0 bridgehead atoms. The molecule has 2 nitrogen and oxygen atoms in total. The predicted octanol–water partition coefficient (Wildman–Crippen LogP) is 2.27. The van der Waals surface area contributed by atoms with E-state index in [1.54, 1.807) is 6.20 Å². The molecule has 0 amide bonds. The minimum atomic E-state index is 0.189. The molecule has 2 heteroatoms. The molecule has 70 valence electrons. The molecule has 1 aliphatic rings. The molecule has 2 rings (SSSR count). The topological polar surface area (TPSA) is 38.9 Å². The lowest BCUT2D eigenvalue weighted by molar-refractivity contribution is 0.574. The van der Waals surface area contributed by atoms with Crippen molar-refractivity contribution in [1.29, 1.82) is 0 Å². The maximum absolute atomic E-state index is 6.03. The number of pyridine rings is 1. The lowest BCUT2D eigenvalue weighted by atomic mass is 10.0. The van der Waals surface area contributed by atoms with Crippen LogP contribution in [0, 0.1) is 5.92 Å². The van der Waals surface area contributed by atoms with Crippen molar-refractivity contribution in [3.05, 3.63) is 30.1 Å². The van der Waals surface area contributed by atoms with Gasteiger partial charge in [-0.05, 0) is 30.4 Å². The van der Waals surface area contributed by atoms with E-state index >= 15 is 0 Å². The third-order valence-electron chi connectivity index (χ3n) is 2.70. The molecule has 0 aromatic carbocycles. The van der Waals surface area contributed by atoms with E-state index in [1.807, 2.05) is 12.3 Å². The zero-order valence-electron chi connectivity index (χ0n) is 7.82. The second kappa shape index (κ2) is 3.88. The van der Waals surface area contributed by atoms with Gasteiger partial charge in [-0.15, -0.1) is 0 Å². The van der Waals surface area contributed by atoms with Crippen LogP contribution >= 0.6 is 0 Å². The van der Waals surface area contributed by atoms with Crippen LogP contribution in [0.3, 0.4) is 0 Å². The Balaban J connectivity index is 1.85. The van der Waals surface area contributed by atoms with E-state index in [-0.39, 0.29) is 6.04 Å². The Hall–Kier alpha value is -0.890.